The molecule has 2 heterocycles. The minimum atomic E-state index is -4.04. The van der Waals surface area contributed by atoms with Crippen molar-refractivity contribution in [2.24, 2.45) is 5.14 Å². The maximum absolute atomic E-state index is 15.0. The molecule has 0 aliphatic carbocycles. The molecule has 0 radical (unpaired) electrons. The van der Waals surface area contributed by atoms with Crippen LogP contribution in [0.5, 0.6) is 0 Å². The Balaban J connectivity index is 1.49. The third kappa shape index (κ3) is 5.73. The van der Waals surface area contributed by atoms with E-state index < -0.39 is 31.8 Å². The third-order valence-electron chi connectivity index (χ3n) is 5.21. The van der Waals surface area contributed by atoms with Crippen molar-refractivity contribution in [3.05, 3.63) is 81.4 Å². The number of halogens is 2. The third-order valence-corrected chi connectivity index (χ3v) is 8.74. The van der Waals surface area contributed by atoms with Crippen LogP contribution in [0.4, 0.5) is 10.1 Å². The first-order valence-corrected chi connectivity index (χ1v) is 14.5. The van der Waals surface area contributed by atoms with Crippen molar-refractivity contribution < 1.29 is 26.0 Å². The fourth-order valence-electron chi connectivity index (χ4n) is 3.58. The van der Waals surface area contributed by atoms with Crippen molar-refractivity contribution in [3.63, 3.8) is 0 Å². The van der Waals surface area contributed by atoms with Gasteiger partial charge in [-0.2, -0.15) is 0 Å². The highest BCUT2D eigenvalue weighted by Gasteiger charge is 2.30. The predicted octanol–water partition coefficient (Wildman–Crippen LogP) is 3.25. The molecular weight excluding hydrogens is 537 g/mol. The van der Waals surface area contributed by atoms with Gasteiger partial charge in [-0.15, -0.1) is 11.3 Å². The zero-order valence-corrected chi connectivity index (χ0v) is 21.1. The van der Waals surface area contributed by atoms with E-state index in [-0.39, 0.29) is 46.1 Å². The summed E-state index contributed by atoms with van der Waals surface area (Å²) >= 11 is 7.13. The summed E-state index contributed by atoms with van der Waals surface area (Å²) in [6, 6.07) is 13.2. The number of hydrogen-bond donors (Lipinski definition) is 2. The van der Waals surface area contributed by atoms with Crippen molar-refractivity contribution in [3.8, 4) is 11.1 Å². The number of nitrogens with two attached hydrogens (primary N) is 1. The number of nitrogens with one attached hydrogen (secondary N) is 1. The number of amides is 1. The van der Waals surface area contributed by atoms with Crippen LogP contribution >= 0.6 is 22.9 Å². The Morgan fingerprint density at radius 2 is 1.83 bits per heavy atom. The van der Waals surface area contributed by atoms with Crippen molar-refractivity contribution in [2.75, 3.05) is 17.2 Å². The van der Waals surface area contributed by atoms with Gasteiger partial charge in [-0.25, -0.2) is 26.4 Å². The first-order valence-electron chi connectivity index (χ1n) is 10.1. The van der Waals surface area contributed by atoms with Gasteiger partial charge in [0.2, 0.25) is 20.0 Å². The molecule has 0 bridgehead atoms. The van der Waals surface area contributed by atoms with Crippen molar-refractivity contribution in [1.29, 1.82) is 0 Å². The topological polar surface area (TPSA) is 127 Å². The summed E-state index contributed by atoms with van der Waals surface area (Å²) in [7, 11) is -7.87. The first-order chi connectivity index (χ1) is 16.4. The molecule has 0 saturated carbocycles. The van der Waals surface area contributed by atoms with Gasteiger partial charge < -0.3 is 4.90 Å². The SMILES string of the molecule is NS(=O)(=O)c1ccccc1-c1ccc(N2CC=C(NS(=O)(=O)CCc3ccc(Cl)s3)C2=O)c(F)c1. The molecule has 1 aliphatic rings. The van der Waals surface area contributed by atoms with E-state index in [1.54, 1.807) is 18.2 Å². The van der Waals surface area contributed by atoms with Crippen molar-refractivity contribution in [1.82, 2.24) is 4.72 Å². The smallest absolute Gasteiger partial charge is 0.275 e. The van der Waals surface area contributed by atoms with Crippen LogP contribution in [0.1, 0.15) is 4.88 Å². The average Bonchev–Trinajstić information content (AvgIpc) is 3.37. The summed E-state index contributed by atoms with van der Waals surface area (Å²) in [4.78, 5) is 14.5. The van der Waals surface area contributed by atoms with Crippen LogP contribution in [0.2, 0.25) is 4.34 Å². The number of nitrogens with zero attached hydrogens (tertiary/aromatic N) is 1. The number of carbonyl (C=O) groups is 1. The van der Waals surface area contributed by atoms with E-state index in [1.165, 1.54) is 47.7 Å². The minimum absolute atomic E-state index is 0.0404. The minimum Gasteiger partial charge on any atom is -0.300 e. The number of primary sulfonamides is 1. The molecule has 13 heteroatoms. The maximum Gasteiger partial charge on any atom is 0.275 e. The Morgan fingerprint density at radius 1 is 1.09 bits per heavy atom. The monoisotopic (exact) mass is 555 g/mol. The maximum atomic E-state index is 15.0. The summed E-state index contributed by atoms with van der Waals surface area (Å²) in [5, 5.41) is 5.26. The van der Waals surface area contributed by atoms with Gasteiger partial charge in [-0.05, 0) is 48.4 Å². The molecule has 0 fully saturated rings. The number of sulfonamides is 2. The first kappa shape index (κ1) is 25.3. The summed E-state index contributed by atoms with van der Waals surface area (Å²) < 4.78 is 66.5. The summed E-state index contributed by atoms with van der Waals surface area (Å²) in [6.45, 7) is -0.0404. The zero-order valence-electron chi connectivity index (χ0n) is 17.9. The lowest BCUT2D eigenvalue weighted by Gasteiger charge is -2.19. The van der Waals surface area contributed by atoms with Crippen LogP contribution in [-0.2, 0) is 31.3 Å². The molecule has 2 aromatic carbocycles. The van der Waals surface area contributed by atoms with E-state index >= 15 is 4.39 Å². The van der Waals surface area contributed by atoms with Crippen LogP contribution in [0.15, 0.2) is 71.3 Å². The van der Waals surface area contributed by atoms with E-state index in [2.05, 4.69) is 4.72 Å². The number of thiophene rings is 1. The van der Waals surface area contributed by atoms with Gasteiger partial charge in [-0.1, -0.05) is 35.9 Å². The Bertz CT molecular complexity index is 1550. The number of hydrogen-bond acceptors (Lipinski definition) is 6. The second-order valence-corrected chi connectivity index (χ2v) is 12.8. The van der Waals surface area contributed by atoms with E-state index in [4.69, 9.17) is 16.7 Å². The summed E-state index contributed by atoms with van der Waals surface area (Å²) in [6.07, 6.45) is 1.60. The number of benzene rings is 2. The van der Waals surface area contributed by atoms with Gasteiger partial charge in [0.1, 0.15) is 11.5 Å². The lowest BCUT2D eigenvalue weighted by atomic mass is 10.0. The molecule has 184 valence electrons. The summed E-state index contributed by atoms with van der Waals surface area (Å²) in [5.74, 6) is -1.74. The molecule has 1 aromatic heterocycles. The highest BCUT2D eigenvalue weighted by atomic mass is 35.5. The van der Waals surface area contributed by atoms with E-state index in [9.17, 15) is 21.6 Å². The zero-order chi connectivity index (χ0) is 25.4. The lowest BCUT2D eigenvalue weighted by molar-refractivity contribution is -0.114. The molecule has 0 spiro atoms. The number of anilines is 1. The highest BCUT2D eigenvalue weighted by molar-refractivity contribution is 7.89. The average molecular weight is 556 g/mol. The Hall–Kier alpha value is -2.77. The Kier molecular flexibility index (Phi) is 7.02. The second kappa shape index (κ2) is 9.70. The molecule has 4 rings (SSSR count). The number of aryl methyl sites for hydroxylation is 1. The fraction of sp³-hybridized carbons (Fsp3) is 0.136. The van der Waals surface area contributed by atoms with Crippen LogP contribution in [0, 0.1) is 5.82 Å². The Labute approximate surface area is 210 Å². The molecule has 35 heavy (non-hydrogen) atoms. The van der Waals surface area contributed by atoms with Gasteiger partial charge >= 0.3 is 0 Å². The van der Waals surface area contributed by atoms with Crippen molar-refractivity contribution in [2.45, 2.75) is 11.3 Å². The molecule has 1 amide bonds. The van der Waals surface area contributed by atoms with Crippen molar-refractivity contribution >= 4 is 54.6 Å². The normalized spacial score (nSPS) is 14.3. The predicted molar refractivity (Wildman–Crippen MR) is 134 cm³/mol. The van der Waals surface area contributed by atoms with Gasteiger partial charge in [0.15, 0.2) is 0 Å². The van der Waals surface area contributed by atoms with E-state index in [0.29, 0.717) is 4.34 Å². The molecule has 0 unspecified atom stereocenters. The van der Waals surface area contributed by atoms with E-state index in [1.807, 2.05) is 0 Å². The molecule has 0 atom stereocenters. The van der Waals surface area contributed by atoms with Crippen LogP contribution in [-0.4, -0.2) is 35.0 Å². The molecule has 0 saturated heterocycles. The van der Waals surface area contributed by atoms with Gasteiger partial charge in [0.05, 0.1) is 20.7 Å². The molecule has 8 nitrogen and oxygen atoms in total. The molecular formula is C22H19ClFN3O5S3. The second-order valence-electron chi connectivity index (χ2n) is 7.62. The van der Waals surface area contributed by atoms with Crippen LogP contribution < -0.4 is 14.8 Å². The quantitative estimate of drug-likeness (QED) is 0.441. The van der Waals surface area contributed by atoms with Gasteiger partial charge in [-0.3, -0.25) is 9.52 Å². The molecule has 3 N–H and O–H groups in total. The highest BCUT2D eigenvalue weighted by Crippen LogP contribution is 2.32. The summed E-state index contributed by atoms with van der Waals surface area (Å²) in [5.41, 5.74) is 0.222. The van der Waals surface area contributed by atoms with Gasteiger partial charge in [0.25, 0.3) is 5.91 Å². The largest absolute Gasteiger partial charge is 0.300 e. The van der Waals surface area contributed by atoms with E-state index in [0.717, 1.165) is 15.8 Å². The van der Waals surface area contributed by atoms with Crippen LogP contribution in [0.3, 0.4) is 0 Å². The van der Waals surface area contributed by atoms with Gasteiger partial charge in [0, 0.05) is 17.0 Å². The lowest BCUT2D eigenvalue weighted by Crippen LogP contribution is -2.34. The van der Waals surface area contributed by atoms with Crippen LogP contribution in [0.25, 0.3) is 11.1 Å². The number of rotatable bonds is 8. The Morgan fingerprint density at radius 3 is 2.49 bits per heavy atom. The number of carbonyl (C=O) groups excluding carboxylic acids is 1. The molecule has 3 aromatic rings. The molecule has 1 aliphatic heterocycles. The fourth-order valence-corrected chi connectivity index (χ4v) is 6.65. The standard InChI is InChI=1S/C22H19ClFN3O5S3/c23-21-8-6-15(33-21)10-12-34(29,30)26-18-9-11-27(22(18)28)19-7-5-14(13-17(19)24)16-3-1-2-4-20(16)35(25,31)32/h1-9,13,26H,10-12H2,(H2,25,31,32).